The highest BCUT2D eigenvalue weighted by molar-refractivity contribution is 7.92. The molecule has 1 saturated carbocycles. The number of sulfonamides is 1. The molecule has 3 aliphatic rings. The monoisotopic (exact) mass is 624 g/mol. The van der Waals surface area contributed by atoms with Gasteiger partial charge in [0, 0.05) is 36.4 Å². The molecule has 2 N–H and O–H groups in total. The van der Waals surface area contributed by atoms with Gasteiger partial charge in [-0.1, -0.05) is 0 Å². The number of Topliss-reactive ketones (excluding diaryl/α,β-unsaturated/α-hetero) is 1. The molecule has 2 amide bonds. The zero-order valence-electron chi connectivity index (χ0n) is 24.7. The number of halogens is 3. The number of aryl methyl sites for hydroxylation is 2. The second kappa shape index (κ2) is 12.9. The minimum Gasteiger partial charge on any atom is -0.345 e. The van der Waals surface area contributed by atoms with Gasteiger partial charge in [0.15, 0.2) is 0 Å². The number of rotatable bonds is 9. The number of hydrogen-bond donors (Lipinski definition) is 2. The highest BCUT2D eigenvalue weighted by atomic mass is 32.2. The normalized spacial score (nSPS) is 22.9. The summed E-state index contributed by atoms with van der Waals surface area (Å²) in [6.07, 6.45) is -0.149. The van der Waals surface area contributed by atoms with Gasteiger partial charge in [0.2, 0.25) is 10.0 Å². The van der Waals surface area contributed by atoms with Crippen LogP contribution in [0.3, 0.4) is 0 Å². The van der Waals surface area contributed by atoms with Crippen LogP contribution in [-0.4, -0.2) is 67.5 Å². The maximum Gasteiger partial charge on any atom is 0.389 e. The van der Waals surface area contributed by atoms with Crippen LogP contribution >= 0.6 is 0 Å². The standard InChI is InChI=1S/C30H39F3N4O5S/c1-19-16-24(27(39)34-18-21(3)38)17-20(2)25(19)9-15-43(41,42)37-13-11-29(12-14-37)28(40)35-26(36-29)23-6-4-22(5-7-23)8-10-30(31,32)33/h9,15-17,22-23H,4-8,10-14,18H2,1-3H3,(H,34,39)(H,35,36,40)/b15-9+. The van der Waals surface area contributed by atoms with E-state index in [4.69, 9.17) is 4.99 Å². The lowest BCUT2D eigenvalue weighted by Gasteiger charge is -2.34. The molecular formula is C30H39F3N4O5S. The first-order valence-corrected chi connectivity index (χ1v) is 16.1. The molecule has 4 rings (SSSR count). The SMILES string of the molecule is CC(=O)CNC(=O)c1cc(C)c(/C=C/S(=O)(=O)N2CCC3(CC2)N=C(C2CCC(CCC(F)(F)F)CC2)NC3=O)c(C)c1. The molecule has 1 aromatic rings. The number of hydrogen-bond acceptors (Lipinski definition) is 6. The van der Waals surface area contributed by atoms with Gasteiger partial charge in [-0.2, -0.15) is 17.5 Å². The van der Waals surface area contributed by atoms with Crippen molar-refractivity contribution in [2.45, 2.75) is 83.9 Å². The van der Waals surface area contributed by atoms with Crippen molar-refractivity contribution >= 4 is 39.5 Å². The Morgan fingerprint density at radius 3 is 2.28 bits per heavy atom. The number of benzene rings is 1. The Balaban J connectivity index is 1.36. The molecule has 43 heavy (non-hydrogen) atoms. The van der Waals surface area contributed by atoms with Gasteiger partial charge in [-0.25, -0.2) is 8.42 Å². The van der Waals surface area contributed by atoms with Crippen LogP contribution in [0, 0.1) is 25.7 Å². The van der Waals surface area contributed by atoms with Crippen molar-refractivity contribution in [1.29, 1.82) is 0 Å². The van der Waals surface area contributed by atoms with Crippen molar-refractivity contribution < 1.29 is 36.0 Å². The van der Waals surface area contributed by atoms with Crippen LogP contribution in [0.5, 0.6) is 0 Å². The number of aliphatic imine (C=N–C) groups is 1. The lowest BCUT2D eigenvalue weighted by atomic mass is 9.79. The summed E-state index contributed by atoms with van der Waals surface area (Å²) < 4.78 is 65.4. The van der Waals surface area contributed by atoms with E-state index in [1.807, 2.05) is 0 Å². The molecule has 236 valence electrons. The summed E-state index contributed by atoms with van der Waals surface area (Å²) in [6, 6.07) is 3.28. The first-order chi connectivity index (χ1) is 20.1. The number of carbonyl (C=O) groups is 3. The van der Waals surface area contributed by atoms with E-state index in [9.17, 15) is 36.0 Å². The third kappa shape index (κ3) is 8.11. The number of alkyl halides is 3. The predicted octanol–water partition coefficient (Wildman–Crippen LogP) is 4.43. The summed E-state index contributed by atoms with van der Waals surface area (Å²) >= 11 is 0. The summed E-state index contributed by atoms with van der Waals surface area (Å²) in [5.41, 5.74) is 1.43. The van der Waals surface area contributed by atoms with Crippen LogP contribution in [0.4, 0.5) is 13.2 Å². The highest BCUT2D eigenvalue weighted by Crippen LogP contribution is 2.38. The maximum atomic E-state index is 13.2. The minimum atomic E-state index is -4.15. The van der Waals surface area contributed by atoms with Gasteiger partial charge in [0.1, 0.15) is 17.2 Å². The van der Waals surface area contributed by atoms with Gasteiger partial charge in [-0.15, -0.1) is 0 Å². The first kappa shape index (κ1) is 32.8. The van der Waals surface area contributed by atoms with Crippen molar-refractivity contribution in [2.75, 3.05) is 19.6 Å². The van der Waals surface area contributed by atoms with Crippen molar-refractivity contribution in [3.05, 3.63) is 39.8 Å². The zero-order valence-corrected chi connectivity index (χ0v) is 25.5. The second-order valence-corrected chi connectivity index (χ2v) is 13.8. The number of amidine groups is 1. The Kier molecular flexibility index (Phi) is 9.85. The molecular weight excluding hydrogens is 585 g/mol. The molecule has 0 unspecified atom stereocenters. The molecule has 2 fully saturated rings. The topological polar surface area (TPSA) is 125 Å². The van der Waals surface area contributed by atoms with Crippen molar-refractivity contribution in [3.63, 3.8) is 0 Å². The molecule has 1 saturated heterocycles. The molecule has 1 aromatic carbocycles. The summed E-state index contributed by atoms with van der Waals surface area (Å²) in [6.45, 7) is 5.09. The Labute approximate surface area is 250 Å². The molecule has 0 radical (unpaired) electrons. The summed E-state index contributed by atoms with van der Waals surface area (Å²) in [5, 5.41) is 6.58. The number of carbonyl (C=O) groups excluding carboxylic acids is 3. The van der Waals surface area contributed by atoms with Gasteiger partial charge < -0.3 is 10.6 Å². The van der Waals surface area contributed by atoms with Crippen molar-refractivity contribution in [2.24, 2.45) is 16.8 Å². The summed E-state index contributed by atoms with van der Waals surface area (Å²) in [5.74, 6) is -0.198. The quantitative estimate of drug-likeness (QED) is 0.421. The van der Waals surface area contributed by atoms with Gasteiger partial charge >= 0.3 is 6.18 Å². The molecule has 2 heterocycles. The molecule has 0 bridgehead atoms. The lowest BCUT2D eigenvalue weighted by molar-refractivity contribution is -0.138. The molecule has 9 nitrogen and oxygen atoms in total. The van der Waals surface area contributed by atoms with Crippen LogP contribution < -0.4 is 10.6 Å². The van der Waals surface area contributed by atoms with Gasteiger partial charge in [0.05, 0.1) is 6.54 Å². The Hall–Kier alpha value is -3.06. The Morgan fingerprint density at radius 1 is 1.12 bits per heavy atom. The highest BCUT2D eigenvalue weighted by Gasteiger charge is 2.48. The molecule has 0 aromatic heterocycles. The van der Waals surface area contributed by atoms with E-state index < -0.39 is 28.2 Å². The molecule has 13 heteroatoms. The number of ketones is 1. The van der Waals surface area contributed by atoms with Crippen molar-refractivity contribution in [3.8, 4) is 0 Å². The van der Waals surface area contributed by atoms with E-state index in [0.29, 0.717) is 53.8 Å². The second-order valence-electron chi connectivity index (χ2n) is 12.0. The minimum absolute atomic E-state index is 0.00626. The molecule has 2 aliphatic heterocycles. The van der Waals surface area contributed by atoms with Crippen molar-refractivity contribution in [1.82, 2.24) is 14.9 Å². The fourth-order valence-electron chi connectivity index (χ4n) is 6.19. The van der Waals surface area contributed by atoms with E-state index >= 15 is 0 Å². The summed E-state index contributed by atoms with van der Waals surface area (Å²) in [7, 11) is -3.80. The first-order valence-electron chi connectivity index (χ1n) is 14.6. The van der Waals surface area contributed by atoms with Gasteiger partial charge in [0.25, 0.3) is 11.8 Å². The fraction of sp³-hybridized carbons (Fsp3) is 0.600. The Bertz CT molecular complexity index is 1400. The third-order valence-corrected chi connectivity index (χ3v) is 10.3. The van der Waals surface area contributed by atoms with E-state index in [1.165, 1.54) is 17.3 Å². The lowest BCUT2D eigenvalue weighted by Crippen LogP contribution is -2.50. The van der Waals surface area contributed by atoms with E-state index in [0.717, 1.165) is 5.41 Å². The van der Waals surface area contributed by atoms with Crippen LogP contribution in [0.2, 0.25) is 0 Å². The molecule has 0 atom stereocenters. The van der Waals surface area contributed by atoms with E-state index in [1.54, 1.807) is 26.0 Å². The smallest absolute Gasteiger partial charge is 0.345 e. The van der Waals surface area contributed by atoms with E-state index in [2.05, 4.69) is 10.6 Å². The summed E-state index contributed by atoms with van der Waals surface area (Å²) in [4.78, 5) is 41.3. The fourth-order valence-corrected chi connectivity index (χ4v) is 7.36. The number of nitrogens with zero attached hydrogens (tertiary/aromatic N) is 2. The molecule has 1 aliphatic carbocycles. The maximum absolute atomic E-state index is 13.2. The Morgan fingerprint density at radius 2 is 1.72 bits per heavy atom. The number of nitrogens with one attached hydrogen (secondary N) is 2. The molecule has 1 spiro atoms. The van der Waals surface area contributed by atoms with E-state index in [-0.39, 0.29) is 68.3 Å². The van der Waals surface area contributed by atoms with Crippen LogP contribution in [-0.2, 0) is 19.6 Å². The average Bonchev–Trinajstić information content (AvgIpc) is 3.25. The van der Waals surface area contributed by atoms with Crippen LogP contribution in [0.15, 0.2) is 22.5 Å². The third-order valence-electron chi connectivity index (χ3n) is 8.74. The number of piperidine rings is 1. The van der Waals surface area contributed by atoms with Crippen LogP contribution in [0.1, 0.15) is 85.3 Å². The van der Waals surface area contributed by atoms with Gasteiger partial charge in [-0.3, -0.25) is 19.4 Å². The average molecular weight is 625 g/mol. The van der Waals surface area contributed by atoms with Gasteiger partial charge in [-0.05, 0) is 107 Å². The number of amides is 2. The largest absolute Gasteiger partial charge is 0.389 e. The zero-order chi connectivity index (χ0) is 31.6. The predicted molar refractivity (Wildman–Crippen MR) is 157 cm³/mol. The van der Waals surface area contributed by atoms with Crippen LogP contribution in [0.25, 0.3) is 6.08 Å².